The van der Waals surface area contributed by atoms with Crippen LogP contribution in [0.3, 0.4) is 0 Å². The molecular formula is C25H24BrN3O2. The number of benzene rings is 2. The standard InChI is InChI=1S/C25H24BrN3O2/c26-19-13-11-18(12-14-19)23(24(30)28-20-9-5-2-6-10-20)29-16-22(21(15-27)25(29)31)17-7-3-1-4-8-17/h1,3-4,7-8,11-14,20,23H,2,5-6,9-10,16H2,(H,28,30). The first-order valence-electron chi connectivity index (χ1n) is 10.6. The van der Waals surface area contributed by atoms with Crippen LogP contribution in [0.2, 0.25) is 0 Å². The molecule has 5 nitrogen and oxygen atoms in total. The number of halogens is 1. The zero-order chi connectivity index (χ0) is 21.8. The Bertz CT molecular complexity index is 1030. The van der Waals surface area contributed by atoms with Crippen molar-refractivity contribution in [1.29, 1.82) is 5.26 Å². The highest BCUT2D eigenvalue weighted by Gasteiger charge is 2.40. The topological polar surface area (TPSA) is 73.2 Å². The van der Waals surface area contributed by atoms with Crippen LogP contribution in [0.1, 0.15) is 49.3 Å². The first kappa shape index (κ1) is 21.3. The van der Waals surface area contributed by atoms with Gasteiger partial charge in [0.1, 0.15) is 17.7 Å². The Labute approximate surface area is 190 Å². The van der Waals surface area contributed by atoms with Crippen molar-refractivity contribution in [2.45, 2.75) is 44.2 Å². The second-order valence-electron chi connectivity index (χ2n) is 8.06. The Morgan fingerprint density at radius 2 is 1.74 bits per heavy atom. The van der Waals surface area contributed by atoms with Gasteiger partial charge in [-0.2, -0.15) is 5.26 Å². The molecule has 2 aromatic rings. The van der Waals surface area contributed by atoms with Gasteiger partial charge in [0.05, 0.1) is 0 Å². The highest BCUT2D eigenvalue weighted by molar-refractivity contribution is 9.10. The van der Waals surface area contributed by atoms with E-state index in [1.165, 1.54) is 11.3 Å². The van der Waals surface area contributed by atoms with Gasteiger partial charge in [-0.25, -0.2) is 0 Å². The van der Waals surface area contributed by atoms with Crippen LogP contribution in [0.15, 0.2) is 64.6 Å². The molecule has 0 radical (unpaired) electrons. The summed E-state index contributed by atoms with van der Waals surface area (Å²) in [5, 5.41) is 12.9. The van der Waals surface area contributed by atoms with Gasteiger partial charge < -0.3 is 10.2 Å². The molecule has 0 bridgehead atoms. The first-order chi connectivity index (χ1) is 15.1. The number of nitrogens with one attached hydrogen (secondary N) is 1. The zero-order valence-corrected chi connectivity index (χ0v) is 18.8. The second-order valence-corrected chi connectivity index (χ2v) is 8.98. The normalized spacial score (nSPS) is 18.1. The average Bonchev–Trinajstić information content (AvgIpc) is 3.12. The lowest BCUT2D eigenvalue weighted by molar-refractivity contribution is -0.136. The van der Waals surface area contributed by atoms with Gasteiger partial charge in [0.25, 0.3) is 5.91 Å². The van der Waals surface area contributed by atoms with E-state index in [2.05, 4.69) is 27.3 Å². The molecule has 158 valence electrons. The molecule has 1 atom stereocenters. The lowest BCUT2D eigenvalue weighted by atomic mass is 9.94. The summed E-state index contributed by atoms with van der Waals surface area (Å²) < 4.78 is 0.899. The summed E-state index contributed by atoms with van der Waals surface area (Å²) in [6.45, 7) is 0.227. The van der Waals surface area contributed by atoms with Crippen molar-refractivity contribution in [2.75, 3.05) is 6.54 Å². The monoisotopic (exact) mass is 477 g/mol. The summed E-state index contributed by atoms with van der Waals surface area (Å²) in [7, 11) is 0. The fraction of sp³-hybridized carbons (Fsp3) is 0.320. The molecule has 0 aromatic heterocycles. The number of nitriles is 1. The quantitative estimate of drug-likeness (QED) is 0.674. The summed E-state index contributed by atoms with van der Waals surface area (Å²) in [6.07, 6.45) is 5.33. The van der Waals surface area contributed by atoms with Gasteiger partial charge in [0, 0.05) is 22.6 Å². The fourth-order valence-electron chi connectivity index (χ4n) is 4.44. The number of rotatable bonds is 5. The van der Waals surface area contributed by atoms with Crippen LogP contribution >= 0.6 is 15.9 Å². The Kier molecular flexibility index (Phi) is 6.53. The number of nitrogens with zero attached hydrogens (tertiary/aromatic N) is 2. The summed E-state index contributed by atoms with van der Waals surface area (Å²) in [4.78, 5) is 28.2. The van der Waals surface area contributed by atoms with Crippen LogP contribution in [0.25, 0.3) is 5.57 Å². The van der Waals surface area contributed by atoms with Crippen LogP contribution in [-0.4, -0.2) is 29.3 Å². The SMILES string of the molecule is N#CC1=C(c2ccccc2)CN(C(C(=O)NC2CCCCC2)c2ccc(Br)cc2)C1=O. The minimum atomic E-state index is -0.785. The molecule has 1 fully saturated rings. The van der Waals surface area contributed by atoms with E-state index in [-0.39, 0.29) is 24.1 Å². The minimum absolute atomic E-state index is 0.110. The molecule has 6 heteroatoms. The number of hydrogen-bond acceptors (Lipinski definition) is 3. The molecule has 31 heavy (non-hydrogen) atoms. The van der Waals surface area contributed by atoms with Gasteiger partial charge >= 0.3 is 0 Å². The van der Waals surface area contributed by atoms with Gasteiger partial charge in [0.15, 0.2) is 0 Å². The smallest absolute Gasteiger partial charge is 0.266 e. The van der Waals surface area contributed by atoms with E-state index in [1.54, 1.807) is 0 Å². The summed E-state index contributed by atoms with van der Waals surface area (Å²) in [5.74, 6) is -0.581. The van der Waals surface area contributed by atoms with E-state index in [0.29, 0.717) is 5.57 Å². The van der Waals surface area contributed by atoms with Crippen molar-refractivity contribution < 1.29 is 9.59 Å². The van der Waals surface area contributed by atoms with Crippen molar-refractivity contribution in [3.63, 3.8) is 0 Å². The molecule has 4 rings (SSSR count). The third-order valence-electron chi connectivity index (χ3n) is 6.04. The van der Waals surface area contributed by atoms with E-state index >= 15 is 0 Å². The second kappa shape index (κ2) is 9.49. The summed E-state index contributed by atoms with van der Waals surface area (Å²) in [6, 6.07) is 18.3. The maximum Gasteiger partial charge on any atom is 0.266 e. The average molecular weight is 478 g/mol. The predicted octanol–water partition coefficient (Wildman–Crippen LogP) is 4.76. The Balaban J connectivity index is 1.67. The number of amides is 2. The predicted molar refractivity (Wildman–Crippen MR) is 123 cm³/mol. The van der Waals surface area contributed by atoms with E-state index in [0.717, 1.165) is 41.3 Å². The fourth-order valence-corrected chi connectivity index (χ4v) is 4.70. The lowest BCUT2D eigenvalue weighted by Gasteiger charge is -2.31. The molecule has 0 saturated heterocycles. The maximum atomic E-state index is 13.4. The molecule has 1 aliphatic carbocycles. The number of carbonyl (C=O) groups excluding carboxylic acids is 2. The maximum absolute atomic E-state index is 13.4. The molecule has 1 N–H and O–H groups in total. The van der Waals surface area contributed by atoms with E-state index < -0.39 is 11.9 Å². The first-order valence-corrected chi connectivity index (χ1v) is 11.4. The molecular weight excluding hydrogens is 454 g/mol. The van der Waals surface area contributed by atoms with E-state index in [4.69, 9.17) is 0 Å². The van der Waals surface area contributed by atoms with Crippen molar-refractivity contribution >= 4 is 33.3 Å². The number of carbonyl (C=O) groups is 2. The molecule has 2 aliphatic rings. The van der Waals surface area contributed by atoms with Crippen LogP contribution < -0.4 is 5.32 Å². The van der Waals surface area contributed by atoms with Crippen molar-refractivity contribution in [1.82, 2.24) is 10.2 Å². The van der Waals surface area contributed by atoms with Crippen LogP contribution in [-0.2, 0) is 9.59 Å². The Hall–Kier alpha value is -2.91. The lowest BCUT2D eigenvalue weighted by Crippen LogP contribution is -2.46. The highest BCUT2D eigenvalue weighted by atomic mass is 79.9. The third kappa shape index (κ3) is 4.57. The Morgan fingerprint density at radius 1 is 1.06 bits per heavy atom. The summed E-state index contributed by atoms with van der Waals surface area (Å²) >= 11 is 3.44. The van der Waals surface area contributed by atoms with Crippen LogP contribution in [0.4, 0.5) is 0 Å². The molecule has 1 heterocycles. The van der Waals surface area contributed by atoms with Crippen LogP contribution in [0.5, 0.6) is 0 Å². The molecule has 1 aliphatic heterocycles. The molecule has 1 saturated carbocycles. The molecule has 2 aromatic carbocycles. The zero-order valence-electron chi connectivity index (χ0n) is 17.2. The van der Waals surface area contributed by atoms with Gasteiger partial charge in [-0.1, -0.05) is 77.7 Å². The van der Waals surface area contributed by atoms with Gasteiger partial charge in [-0.15, -0.1) is 0 Å². The third-order valence-corrected chi connectivity index (χ3v) is 6.57. The van der Waals surface area contributed by atoms with E-state index in [1.807, 2.05) is 54.6 Å². The molecule has 2 amide bonds. The van der Waals surface area contributed by atoms with Gasteiger partial charge in [-0.3, -0.25) is 9.59 Å². The van der Waals surface area contributed by atoms with Crippen molar-refractivity contribution in [2.24, 2.45) is 0 Å². The molecule has 0 spiro atoms. The van der Waals surface area contributed by atoms with Gasteiger partial charge in [0.2, 0.25) is 5.91 Å². The Morgan fingerprint density at radius 3 is 2.39 bits per heavy atom. The van der Waals surface area contributed by atoms with Crippen molar-refractivity contribution in [3.05, 3.63) is 75.8 Å². The van der Waals surface area contributed by atoms with Crippen molar-refractivity contribution in [3.8, 4) is 6.07 Å². The largest absolute Gasteiger partial charge is 0.351 e. The summed E-state index contributed by atoms with van der Waals surface area (Å²) in [5.41, 5.74) is 2.34. The number of hydrogen-bond donors (Lipinski definition) is 1. The van der Waals surface area contributed by atoms with Gasteiger partial charge in [-0.05, 0) is 36.1 Å². The minimum Gasteiger partial charge on any atom is -0.351 e. The molecule has 1 unspecified atom stereocenters. The van der Waals surface area contributed by atoms with Crippen LogP contribution in [0, 0.1) is 11.3 Å². The highest BCUT2D eigenvalue weighted by Crippen LogP contribution is 2.34. The van der Waals surface area contributed by atoms with E-state index in [9.17, 15) is 14.9 Å².